The summed E-state index contributed by atoms with van der Waals surface area (Å²) in [6.07, 6.45) is 0. The maximum Gasteiger partial charge on any atom is 0.347 e. The molecule has 16 heteroatoms. The molecule has 2 fully saturated rings. The lowest BCUT2D eigenvalue weighted by molar-refractivity contribution is -0.222. The van der Waals surface area contributed by atoms with Crippen molar-refractivity contribution in [2.24, 2.45) is 13.5 Å². The van der Waals surface area contributed by atoms with E-state index in [1.54, 1.807) is 0 Å². The standard InChI is InChI=1S/C6H8Cl2F4N3O4P3/c7-20(8)13-21(16-1-2-17-21)15-22(14-20)18-3-5(9,10)6(11,12)4-19-22/h1-4H2. The van der Waals surface area contributed by atoms with Crippen LogP contribution in [0.3, 0.4) is 0 Å². The highest BCUT2D eigenvalue weighted by Gasteiger charge is 2.61. The fourth-order valence-corrected chi connectivity index (χ4v) is 12.5. The van der Waals surface area contributed by atoms with Crippen molar-refractivity contribution in [3.8, 4) is 0 Å². The van der Waals surface area contributed by atoms with E-state index < -0.39 is 46.3 Å². The van der Waals surface area contributed by atoms with Crippen LogP contribution in [0, 0.1) is 0 Å². The van der Waals surface area contributed by atoms with Gasteiger partial charge in [0.15, 0.2) is 0 Å². The van der Waals surface area contributed by atoms with Gasteiger partial charge in [0, 0.05) is 0 Å². The summed E-state index contributed by atoms with van der Waals surface area (Å²) in [4.78, 5) is 0. The molecule has 3 aliphatic rings. The van der Waals surface area contributed by atoms with E-state index in [-0.39, 0.29) is 13.2 Å². The molecule has 0 bridgehead atoms. The topological polar surface area (TPSA) is 74.0 Å². The first-order valence-corrected chi connectivity index (χ1v) is 12.2. The second-order valence-electron chi connectivity index (χ2n) is 4.33. The van der Waals surface area contributed by atoms with Gasteiger partial charge >= 0.3 is 27.2 Å². The lowest BCUT2D eigenvalue weighted by Crippen LogP contribution is -2.45. The summed E-state index contributed by atoms with van der Waals surface area (Å²) >= 11 is 11.8. The van der Waals surface area contributed by atoms with Crippen molar-refractivity contribution >= 4 is 43.7 Å². The molecule has 0 aromatic rings. The zero-order valence-corrected chi connectivity index (χ0v) is 14.6. The Balaban J connectivity index is 2.09. The van der Waals surface area contributed by atoms with Gasteiger partial charge < -0.3 is 9.05 Å². The molecule has 3 rings (SSSR count). The molecule has 0 saturated carbocycles. The molecule has 3 aliphatic heterocycles. The fourth-order valence-electron chi connectivity index (χ4n) is 1.60. The maximum atomic E-state index is 13.4. The van der Waals surface area contributed by atoms with Gasteiger partial charge in [0.25, 0.3) is 5.91 Å². The molecule has 0 amide bonds. The summed E-state index contributed by atoms with van der Waals surface area (Å²) in [7, 11) is -7.29. The van der Waals surface area contributed by atoms with Crippen LogP contribution in [0.25, 0.3) is 0 Å². The van der Waals surface area contributed by atoms with E-state index in [1.165, 1.54) is 0 Å². The minimum absolute atomic E-state index is 0.112. The minimum atomic E-state index is -4.45. The molecule has 0 aliphatic carbocycles. The molecule has 0 radical (unpaired) electrons. The van der Waals surface area contributed by atoms with Gasteiger partial charge in [-0.25, -0.2) is 0 Å². The third-order valence-corrected chi connectivity index (χ3v) is 12.4. The molecule has 0 N–H and O–H groups in total. The lowest BCUT2D eigenvalue weighted by atomic mass is 10.2. The minimum Gasteiger partial charge on any atom is -0.304 e. The quantitative estimate of drug-likeness (QED) is 0.369. The number of alkyl halides is 4. The predicted molar refractivity (Wildman–Crippen MR) is 73.5 cm³/mol. The first-order chi connectivity index (χ1) is 9.99. The van der Waals surface area contributed by atoms with Gasteiger partial charge in [-0.2, -0.15) is 26.6 Å². The number of hydrogen-bond acceptors (Lipinski definition) is 7. The van der Waals surface area contributed by atoms with Gasteiger partial charge in [0.05, 0.1) is 13.2 Å². The highest BCUT2D eigenvalue weighted by atomic mass is 35.9. The number of halogens is 6. The average Bonchev–Trinajstić information content (AvgIpc) is 2.76. The van der Waals surface area contributed by atoms with Crippen LogP contribution in [-0.2, 0) is 18.1 Å². The Morgan fingerprint density at radius 3 is 1.68 bits per heavy atom. The zero-order valence-electron chi connectivity index (χ0n) is 10.4. The molecule has 128 valence electrons. The Kier molecular flexibility index (Phi) is 4.34. The van der Waals surface area contributed by atoms with Crippen molar-refractivity contribution in [2.45, 2.75) is 11.8 Å². The smallest absolute Gasteiger partial charge is 0.304 e. The third-order valence-electron chi connectivity index (χ3n) is 2.63. The molecular weight excluding hydrogens is 418 g/mol. The van der Waals surface area contributed by atoms with Crippen LogP contribution in [0.15, 0.2) is 13.5 Å². The van der Waals surface area contributed by atoms with E-state index in [9.17, 15) is 17.6 Å². The van der Waals surface area contributed by atoms with Crippen LogP contribution < -0.4 is 0 Å². The highest BCUT2D eigenvalue weighted by molar-refractivity contribution is 8.13. The second-order valence-corrected chi connectivity index (χ2v) is 13.7. The van der Waals surface area contributed by atoms with E-state index in [0.29, 0.717) is 0 Å². The van der Waals surface area contributed by atoms with Crippen LogP contribution in [0.4, 0.5) is 17.6 Å². The van der Waals surface area contributed by atoms with Gasteiger partial charge in [0.1, 0.15) is 13.2 Å². The van der Waals surface area contributed by atoms with Crippen molar-refractivity contribution < 1.29 is 35.7 Å². The largest absolute Gasteiger partial charge is 0.347 e. The number of rotatable bonds is 0. The summed E-state index contributed by atoms with van der Waals surface area (Å²) < 4.78 is 85.1. The Bertz CT molecular complexity index is 636. The summed E-state index contributed by atoms with van der Waals surface area (Å²) in [5, 5.41) is 0. The Labute approximate surface area is 131 Å². The SMILES string of the molecule is FC1(F)COP2(=NP3(=NP(Cl)(Cl)=N2)OCCO3)OCC1(F)F. The van der Waals surface area contributed by atoms with Gasteiger partial charge in [-0.05, 0) is 22.5 Å². The van der Waals surface area contributed by atoms with Crippen LogP contribution in [0.2, 0.25) is 0 Å². The molecule has 7 nitrogen and oxygen atoms in total. The fraction of sp³-hybridized carbons (Fsp3) is 1.00. The van der Waals surface area contributed by atoms with Gasteiger partial charge in [-0.15, -0.1) is 4.52 Å². The molecule has 0 unspecified atom stereocenters. The Hall–Kier alpha value is 0.830. The van der Waals surface area contributed by atoms with Crippen molar-refractivity contribution in [3.63, 3.8) is 0 Å². The third kappa shape index (κ3) is 3.17. The Morgan fingerprint density at radius 2 is 1.18 bits per heavy atom. The maximum absolute atomic E-state index is 13.4. The van der Waals surface area contributed by atoms with Gasteiger partial charge in [-0.1, -0.05) is 0 Å². The first kappa shape index (κ1) is 17.6. The monoisotopic (exact) mass is 425 g/mol. The average molecular weight is 426 g/mol. The van der Waals surface area contributed by atoms with Crippen LogP contribution in [-0.4, -0.2) is 38.3 Å². The molecular formula is C6H8Cl2F4N3O4P3. The predicted octanol–water partition coefficient (Wildman–Crippen LogP) is 5.68. The molecule has 22 heavy (non-hydrogen) atoms. The summed E-state index contributed by atoms with van der Waals surface area (Å²) in [5.41, 5.74) is 0. The molecule has 0 aromatic carbocycles. The zero-order chi connectivity index (χ0) is 16.3. The summed E-state index contributed by atoms with van der Waals surface area (Å²) in [6.45, 7) is -3.06. The number of hydrogen-bond donors (Lipinski definition) is 0. The van der Waals surface area contributed by atoms with Crippen LogP contribution in [0.1, 0.15) is 0 Å². The van der Waals surface area contributed by atoms with E-state index >= 15 is 0 Å². The Morgan fingerprint density at radius 1 is 0.727 bits per heavy atom. The van der Waals surface area contributed by atoms with Crippen LogP contribution in [0.5, 0.6) is 0 Å². The van der Waals surface area contributed by atoms with E-state index in [0.717, 1.165) is 0 Å². The van der Waals surface area contributed by atoms with E-state index in [1.807, 2.05) is 0 Å². The molecule has 3 heterocycles. The molecule has 0 aromatic heterocycles. The number of nitrogens with zero attached hydrogens (tertiary/aromatic N) is 3. The molecule has 0 atom stereocenters. The summed E-state index contributed by atoms with van der Waals surface area (Å²) in [5.74, 6) is -12.4. The van der Waals surface area contributed by atoms with E-state index in [2.05, 4.69) is 13.5 Å². The second kappa shape index (κ2) is 5.41. The first-order valence-electron chi connectivity index (χ1n) is 5.64. The normalized spacial score (nSPS) is 33.5. The van der Waals surface area contributed by atoms with Crippen molar-refractivity contribution in [1.82, 2.24) is 0 Å². The summed E-state index contributed by atoms with van der Waals surface area (Å²) in [6, 6.07) is 0. The van der Waals surface area contributed by atoms with Crippen molar-refractivity contribution in [2.75, 3.05) is 26.4 Å². The lowest BCUT2D eigenvalue weighted by Gasteiger charge is -2.25. The van der Waals surface area contributed by atoms with Crippen molar-refractivity contribution in [3.05, 3.63) is 0 Å². The van der Waals surface area contributed by atoms with Crippen molar-refractivity contribution in [1.29, 1.82) is 0 Å². The van der Waals surface area contributed by atoms with Crippen LogP contribution >= 0.6 is 43.7 Å². The molecule has 2 saturated heterocycles. The van der Waals surface area contributed by atoms with Gasteiger partial charge in [-0.3, -0.25) is 9.05 Å². The van der Waals surface area contributed by atoms with Gasteiger partial charge in [0.2, 0.25) is 0 Å². The molecule has 2 spiro atoms. The van der Waals surface area contributed by atoms with E-state index in [4.69, 9.17) is 40.6 Å². The highest BCUT2D eigenvalue weighted by Crippen LogP contribution is 2.84.